The highest BCUT2D eigenvalue weighted by molar-refractivity contribution is 5.81. The molecule has 0 bridgehead atoms. The van der Waals surface area contributed by atoms with Gasteiger partial charge in [-0.3, -0.25) is 4.98 Å². The maximum absolute atomic E-state index is 5.64. The molecule has 4 heteroatoms. The Labute approximate surface area is 111 Å². The molecular weight excluding hydrogens is 236 g/mol. The fourth-order valence-corrected chi connectivity index (χ4v) is 2.30. The van der Waals surface area contributed by atoms with E-state index in [1.165, 1.54) is 5.56 Å². The van der Waals surface area contributed by atoms with Crippen molar-refractivity contribution in [2.45, 2.75) is 13.5 Å². The number of fused-ring (bicyclic) bond motifs is 1. The Morgan fingerprint density at radius 2 is 2.05 bits per heavy atom. The summed E-state index contributed by atoms with van der Waals surface area (Å²) in [4.78, 5) is 8.93. The van der Waals surface area contributed by atoms with Crippen molar-refractivity contribution in [1.82, 2.24) is 14.5 Å². The fourth-order valence-electron chi connectivity index (χ4n) is 2.30. The van der Waals surface area contributed by atoms with E-state index in [1.807, 2.05) is 19.2 Å². The third kappa shape index (κ3) is 2.00. The van der Waals surface area contributed by atoms with Crippen molar-refractivity contribution in [1.29, 1.82) is 0 Å². The molecule has 0 atom stereocenters. The van der Waals surface area contributed by atoms with Crippen LogP contribution in [0.1, 0.15) is 11.3 Å². The molecule has 2 aromatic heterocycles. The summed E-state index contributed by atoms with van der Waals surface area (Å²) in [6.07, 6.45) is 1.78. The average Bonchev–Trinajstić information content (AvgIpc) is 2.75. The molecule has 0 fully saturated rings. The van der Waals surface area contributed by atoms with Crippen LogP contribution in [0.4, 0.5) is 0 Å². The number of aromatic nitrogens is 3. The second-order valence-corrected chi connectivity index (χ2v) is 4.73. The number of nitrogens with zero attached hydrogens (tertiary/aromatic N) is 3. The first-order valence-corrected chi connectivity index (χ1v) is 6.27. The standard InChI is InChI=1S/C15H16N4/c1-10-3-4-14-13(7-10)18-15(19(14)2)11-5-6-17-12(8-11)9-16/h3-8H,9,16H2,1-2H3. The third-order valence-electron chi connectivity index (χ3n) is 3.32. The molecule has 3 aromatic rings. The van der Waals surface area contributed by atoms with Gasteiger partial charge in [0.2, 0.25) is 0 Å². The highest BCUT2D eigenvalue weighted by Crippen LogP contribution is 2.24. The average molecular weight is 252 g/mol. The van der Waals surface area contributed by atoms with Crippen molar-refractivity contribution in [2.75, 3.05) is 0 Å². The third-order valence-corrected chi connectivity index (χ3v) is 3.32. The lowest BCUT2D eigenvalue weighted by molar-refractivity contribution is 0.950. The van der Waals surface area contributed by atoms with Gasteiger partial charge in [0.05, 0.1) is 16.7 Å². The summed E-state index contributed by atoms with van der Waals surface area (Å²) in [5, 5.41) is 0. The van der Waals surface area contributed by atoms with E-state index in [2.05, 4.69) is 34.7 Å². The van der Waals surface area contributed by atoms with Crippen molar-refractivity contribution >= 4 is 11.0 Å². The monoisotopic (exact) mass is 252 g/mol. The number of hydrogen-bond donors (Lipinski definition) is 1. The summed E-state index contributed by atoms with van der Waals surface area (Å²) < 4.78 is 2.10. The largest absolute Gasteiger partial charge is 0.327 e. The van der Waals surface area contributed by atoms with Gasteiger partial charge in [-0.15, -0.1) is 0 Å². The van der Waals surface area contributed by atoms with Gasteiger partial charge < -0.3 is 10.3 Å². The van der Waals surface area contributed by atoms with Gasteiger partial charge in [0.15, 0.2) is 0 Å². The molecule has 4 nitrogen and oxygen atoms in total. The molecule has 96 valence electrons. The van der Waals surface area contributed by atoms with Gasteiger partial charge in [-0.1, -0.05) is 6.07 Å². The highest BCUT2D eigenvalue weighted by Gasteiger charge is 2.10. The van der Waals surface area contributed by atoms with Gasteiger partial charge in [0, 0.05) is 25.4 Å². The number of rotatable bonds is 2. The minimum Gasteiger partial charge on any atom is -0.327 e. The SMILES string of the molecule is Cc1ccc2c(c1)nc(-c1ccnc(CN)c1)n2C. The first kappa shape index (κ1) is 11.9. The minimum absolute atomic E-state index is 0.441. The number of pyridine rings is 1. The van der Waals surface area contributed by atoms with E-state index in [1.54, 1.807) is 6.20 Å². The Morgan fingerprint density at radius 3 is 2.84 bits per heavy atom. The molecule has 19 heavy (non-hydrogen) atoms. The Balaban J connectivity index is 2.21. The predicted octanol–water partition coefficient (Wildman–Crippen LogP) is 2.40. The Bertz CT molecular complexity index is 743. The number of nitrogens with two attached hydrogens (primary N) is 1. The van der Waals surface area contributed by atoms with E-state index in [0.29, 0.717) is 6.54 Å². The van der Waals surface area contributed by atoms with E-state index in [9.17, 15) is 0 Å². The lowest BCUT2D eigenvalue weighted by Gasteiger charge is -2.03. The van der Waals surface area contributed by atoms with Crippen molar-refractivity contribution in [3.63, 3.8) is 0 Å². The van der Waals surface area contributed by atoms with Crippen LogP contribution < -0.4 is 5.73 Å². The number of imidazole rings is 1. The topological polar surface area (TPSA) is 56.7 Å². The summed E-state index contributed by atoms with van der Waals surface area (Å²) in [5.74, 6) is 0.942. The van der Waals surface area contributed by atoms with Crippen LogP contribution in [-0.2, 0) is 13.6 Å². The van der Waals surface area contributed by atoms with Crippen LogP contribution in [0, 0.1) is 6.92 Å². The van der Waals surface area contributed by atoms with Crippen LogP contribution in [-0.4, -0.2) is 14.5 Å². The normalized spacial score (nSPS) is 11.1. The summed E-state index contributed by atoms with van der Waals surface area (Å²) in [6.45, 7) is 2.52. The van der Waals surface area contributed by atoms with E-state index in [4.69, 9.17) is 10.7 Å². The number of benzene rings is 1. The van der Waals surface area contributed by atoms with Crippen LogP contribution in [0.5, 0.6) is 0 Å². The lowest BCUT2D eigenvalue weighted by Crippen LogP contribution is -2.00. The molecule has 0 aliphatic heterocycles. The Kier molecular flexibility index (Phi) is 2.80. The van der Waals surface area contributed by atoms with Gasteiger partial charge >= 0.3 is 0 Å². The van der Waals surface area contributed by atoms with Crippen LogP contribution >= 0.6 is 0 Å². The van der Waals surface area contributed by atoms with E-state index in [-0.39, 0.29) is 0 Å². The lowest BCUT2D eigenvalue weighted by atomic mass is 10.2. The molecule has 0 aliphatic carbocycles. The van der Waals surface area contributed by atoms with Crippen molar-refractivity contribution in [3.05, 3.63) is 47.8 Å². The van der Waals surface area contributed by atoms with Gasteiger partial charge in [-0.05, 0) is 36.8 Å². The summed E-state index contributed by atoms with van der Waals surface area (Å²) in [6, 6.07) is 10.3. The molecule has 0 radical (unpaired) electrons. The van der Waals surface area contributed by atoms with Gasteiger partial charge in [0.25, 0.3) is 0 Å². The quantitative estimate of drug-likeness (QED) is 0.762. The summed E-state index contributed by atoms with van der Waals surface area (Å²) in [5.41, 5.74) is 10.9. The second-order valence-electron chi connectivity index (χ2n) is 4.73. The Morgan fingerprint density at radius 1 is 1.21 bits per heavy atom. The molecule has 0 saturated carbocycles. The smallest absolute Gasteiger partial charge is 0.140 e. The first-order chi connectivity index (χ1) is 9.19. The van der Waals surface area contributed by atoms with Gasteiger partial charge in [-0.2, -0.15) is 0 Å². The highest BCUT2D eigenvalue weighted by atomic mass is 15.1. The predicted molar refractivity (Wildman–Crippen MR) is 76.6 cm³/mol. The molecule has 2 heterocycles. The van der Waals surface area contributed by atoms with Crippen LogP contribution in [0.3, 0.4) is 0 Å². The molecule has 0 spiro atoms. The van der Waals surface area contributed by atoms with Crippen molar-refractivity contribution in [3.8, 4) is 11.4 Å². The zero-order chi connectivity index (χ0) is 13.4. The van der Waals surface area contributed by atoms with Crippen LogP contribution in [0.2, 0.25) is 0 Å². The molecule has 0 saturated heterocycles. The first-order valence-electron chi connectivity index (χ1n) is 6.27. The van der Waals surface area contributed by atoms with E-state index < -0.39 is 0 Å². The second kappa shape index (κ2) is 4.48. The van der Waals surface area contributed by atoms with Gasteiger partial charge in [-0.25, -0.2) is 4.98 Å². The zero-order valence-corrected chi connectivity index (χ0v) is 11.1. The molecule has 0 aliphatic rings. The zero-order valence-electron chi connectivity index (χ0n) is 11.1. The molecule has 0 unspecified atom stereocenters. The van der Waals surface area contributed by atoms with Crippen molar-refractivity contribution < 1.29 is 0 Å². The maximum Gasteiger partial charge on any atom is 0.140 e. The Hall–Kier alpha value is -2.20. The fraction of sp³-hybridized carbons (Fsp3) is 0.200. The van der Waals surface area contributed by atoms with Crippen molar-refractivity contribution in [2.24, 2.45) is 12.8 Å². The molecule has 3 rings (SSSR count). The van der Waals surface area contributed by atoms with Gasteiger partial charge in [0.1, 0.15) is 5.82 Å². The molecular formula is C15H16N4. The number of aryl methyl sites for hydroxylation is 2. The van der Waals surface area contributed by atoms with Crippen LogP contribution in [0.25, 0.3) is 22.4 Å². The van der Waals surface area contributed by atoms with E-state index in [0.717, 1.165) is 28.1 Å². The van der Waals surface area contributed by atoms with E-state index >= 15 is 0 Å². The summed E-state index contributed by atoms with van der Waals surface area (Å²) >= 11 is 0. The maximum atomic E-state index is 5.64. The number of hydrogen-bond acceptors (Lipinski definition) is 3. The molecule has 1 aromatic carbocycles. The molecule has 2 N–H and O–H groups in total. The summed E-state index contributed by atoms with van der Waals surface area (Å²) in [7, 11) is 2.03. The molecule has 0 amide bonds. The van der Waals surface area contributed by atoms with Crippen LogP contribution in [0.15, 0.2) is 36.5 Å². The minimum atomic E-state index is 0.441.